The molecular weight excluding hydrogens is 131 g/mol. The monoisotopic (exact) mass is 134 g/mol. The van der Waals surface area contributed by atoms with Crippen LogP contribution in [0.15, 0.2) is 5.10 Å². The minimum Gasteiger partial charge on any atom is -0.263 e. The molecule has 0 amide bonds. The highest BCUT2D eigenvalue weighted by molar-refractivity contribution is 7.24. The van der Waals surface area contributed by atoms with Gasteiger partial charge in [0.25, 0.3) is 0 Å². The number of nitrogens with zero attached hydrogens (tertiary/aromatic N) is 1. The van der Waals surface area contributed by atoms with Crippen LogP contribution in [0.5, 0.6) is 0 Å². The zero-order chi connectivity index (χ0) is 5.98. The Labute approximate surface area is 45.6 Å². The van der Waals surface area contributed by atoms with Crippen molar-refractivity contribution < 1.29 is 13.7 Å². The van der Waals surface area contributed by atoms with Crippen LogP contribution in [-0.4, -0.2) is 12.4 Å². The molecule has 1 heterocycles. The molecule has 0 saturated carbocycles. The number of rotatable bonds is 3. The molecule has 0 unspecified atom stereocenters. The van der Waals surface area contributed by atoms with Gasteiger partial charge in [0.15, 0.2) is 5.84 Å². The van der Waals surface area contributed by atoms with Crippen molar-refractivity contribution >= 4 is 13.7 Å². The van der Waals surface area contributed by atoms with Crippen molar-refractivity contribution in [3.8, 4) is 0 Å². The van der Waals surface area contributed by atoms with Crippen LogP contribution in [0.4, 0.5) is 0 Å². The van der Waals surface area contributed by atoms with E-state index < -0.39 is 7.91 Å². The van der Waals surface area contributed by atoms with Crippen LogP contribution >= 0.6 is 7.91 Å². The molecule has 44 valence electrons. The molecule has 0 aromatic carbocycles. The van der Waals surface area contributed by atoms with E-state index in [0.29, 0.717) is 5.84 Å². The van der Waals surface area contributed by atoms with Crippen molar-refractivity contribution in [3.63, 3.8) is 0 Å². The van der Waals surface area contributed by atoms with Crippen molar-refractivity contribution in [2.24, 2.45) is 5.10 Å². The van der Waals surface area contributed by atoms with E-state index in [4.69, 9.17) is 0 Å². The van der Waals surface area contributed by atoms with Crippen LogP contribution in [0.1, 0.15) is 0 Å². The first-order valence-corrected chi connectivity index (χ1v) is 2.98. The maximum atomic E-state index is 9.66. The van der Waals surface area contributed by atoms with Crippen molar-refractivity contribution in [3.05, 3.63) is 0 Å². The first kappa shape index (κ1) is 5.47. The molecule has 0 aliphatic carbocycles. The lowest BCUT2D eigenvalue weighted by atomic mass is 10.7. The molecule has 0 saturated heterocycles. The Morgan fingerprint density at radius 1 is 1.75 bits per heavy atom. The van der Waals surface area contributed by atoms with Crippen molar-refractivity contribution in [1.29, 1.82) is 0 Å². The standard InChI is InChI=1S/C2H3N2O3P/c5-8(6)7-1-2-3-4-2/h1H2,(H,3,4). The van der Waals surface area contributed by atoms with Gasteiger partial charge in [-0.05, 0) is 0 Å². The highest BCUT2D eigenvalue weighted by Gasteiger charge is 2.09. The third-order valence-corrected chi connectivity index (χ3v) is 0.917. The van der Waals surface area contributed by atoms with Crippen LogP contribution in [-0.2, 0) is 13.7 Å². The topological polar surface area (TPSA) is 77.7 Å². The number of nitrogens with one attached hydrogen (secondary N) is 1. The maximum absolute atomic E-state index is 9.66. The molecule has 1 N–H and O–H groups in total. The summed E-state index contributed by atoms with van der Waals surface area (Å²) >= 11 is 0. The van der Waals surface area contributed by atoms with E-state index in [9.17, 15) is 9.13 Å². The quantitative estimate of drug-likeness (QED) is 0.551. The molecule has 0 atom stereocenters. The van der Waals surface area contributed by atoms with E-state index in [2.05, 4.69) is 15.1 Å². The fourth-order valence-electron chi connectivity index (χ4n) is 0.218. The van der Waals surface area contributed by atoms with Gasteiger partial charge in [0, 0.05) is 0 Å². The third kappa shape index (κ3) is 1.86. The van der Waals surface area contributed by atoms with Crippen molar-refractivity contribution in [2.45, 2.75) is 0 Å². The van der Waals surface area contributed by atoms with Gasteiger partial charge in [-0.2, -0.15) is 5.10 Å². The van der Waals surface area contributed by atoms with Crippen LogP contribution in [0.25, 0.3) is 0 Å². The highest BCUT2D eigenvalue weighted by atomic mass is 31.1. The van der Waals surface area contributed by atoms with Gasteiger partial charge in [-0.25, -0.2) is 9.13 Å². The van der Waals surface area contributed by atoms with Crippen molar-refractivity contribution in [1.82, 2.24) is 5.43 Å². The average molecular weight is 134 g/mol. The molecule has 1 aliphatic rings. The Balaban J connectivity index is 2.12. The first-order valence-electron chi connectivity index (χ1n) is 1.89. The van der Waals surface area contributed by atoms with E-state index in [1.165, 1.54) is 0 Å². The highest BCUT2D eigenvalue weighted by Crippen LogP contribution is 2.04. The predicted molar refractivity (Wildman–Crippen MR) is 24.8 cm³/mol. The van der Waals surface area contributed by atoms with E-state index >= 15 is 0 Å². The molecular formula is C2H3N2O3P. The minimum absolute atomic E-state index is 0.0404. The summed E-state index contributed by atoms with van der Waals surface area (Å²) in [5, 5.41) is 3.45. The Morgan fingerprint density at radius 3 is 2.75 bits per heavy atom. The normalized spacial score (nSPS) is 14.2. The second-order valence-corrected chi connectivity index (χ2v) is 1.87. The molecule has 0 radical (unpaired) electrons. The van der Waals surface area contributed by atoms with Gasteiger partial charge in [0.05, 0.1) is 0 Å². The first-order chi connectivity index (χ1) is 3.79. The summed E-state index contributed by atoms with van der Waals surface area (Å²) in [6.07, 6.45) is 0. The molecule has 0 aromatic heterocycles. The molecule has 0 aromatic rings. The number of hydrogen-bond acceptors (Lipinski definition) is 5. The van der Waals surface area contributed by atoms with Gasteiger partial charge in [-0.1, -0.05) is 0 Å². The molecule has 1 aliphatic heterocycles. The third-order valence-electron chi connectivity index (χ3n) is 0.577. The van der Waals surface area contributed by atoms with E-state index in [1.54, 1.807) is 0 Å². The summed E-state index contributed by atoms with van der Waals surface area (Å²) in [5.41, 5.74) is 2.44. The van der Waals surface area contributed by atoms with Gasteiger partial charge in [0.2, 0.25) is 0 Å². The fourth-order valence-corrected chi connectivity index (χ4v) is 0.446. The smallest absolute Gasteiger partial charge is 0.263 e. The molecule has 0 fully saturated rings. The Morgan fingerprint density at radius 2 is 2.38 bits per heavy atom. The van der Waals surface area contributed by atoms with Crippen LogP contribution < -0.4 is 5.43 Å². The Kier molecular flexibility index (Phi) is 1.41. The van der Waals surface area contributed by atoms with Gasteiger partial charge in [0.1, 0.15) is 6.61 Å². The molecule has 6 heteroatoms. The van der Waals surface area contributed by atoms with E-state index in [0.717, 1.165) is 0 Å². The molecule has 1 rings (SSSR count). The molecule has 8 heavy (non-hydrogen) atoms. The Hall–Kier alpha value is -0.670. The summed E-state index contributed by atoms with van der Waals surface area (Å²) < 4.78 is 23.5. The molecule has 0 spiro atoms. The molecule has 5 nitrogen and oxygen atoms in total. The summed E-state index contributed by atoms with van der Waals surface area (Å²) in [6, 6.07) is 0. The summed E-state index contributed by atoms with van der Waals surface area (Å²) in [6.45, 7) is 0.0404. The summed E-state index contributed by atoms with van der Waals surface area (Å²) in [7, 11) is -2.71. The maximum Gasteiger partial charge on any atom is 0.468 e. The van der Waals surface area contributed by atoms with Gasteiger partial charge >= 0.3 is 7.91 Å². The van der Waals surface area contributed by atoms with Crippen LogP contribution in [0.2, 0.25) is 0 Å². The van der Waals surface area contributed by atoms with Crippen LogP contribution in [0, 0.1) is 0 Å². The van der Waals surface area contributed by atoms with Gasteiger partial charge in [-0.15, -0.1) is 0 Å². The lowest BCUT2D eigenvalue weighted by Crippen LogP contribution is -1.98. The minimum atomic E-state index is -2.71. The SMILES string of the molecule is O=P(=O)OCC1=NN1. The lowest BCUT2D eigenvalue weighted by Gasteiger charge is -1.78. The van der Waals surface area contributed by atoms with Gasteiger partial charge in [-0.3, -0.25) is 9.95 Å². The van der Waals surface area contributed by atoms with Gasteiger partial charge < -0.3 is 0 Å². The number of hydrazone groups is 1. The van der Waals surface area contributed by atoms with Crippen molar-refractivity contribution in [2.75, 3.05) is 6.61 Å². The van der Waals surface area contributed by atoms with E-state index in [-0.39, 0.29) is 6.61 Å². The lowest BCUT2D eigenvalue weighted by molar-refractivity contribution is 0.348. The molecule has 0 bridgehead atoms. The number of amidine groups is 1. The zero-order valence-corrected chi connectivity index (χ0v) is 4.72. The average Bonchev–Trinajstić information content (AvgIpc) is 2.41. The zero-order valence-electron chi connectivity index (χ0n) is 3.83. The summed E-state index contributed by atoms with van der Waals surface area (Å²) in [5.74, 6) is 0.573. The summed E-state index contributed by atoms with van der Waals surface area (Å²) in [4.78, 5) is 0. The van der Waals surface area contributed by atoms with Crippen LogP contribution in [0.3, 0.4) is 0 Å². The fraction of sp³-hybridized carbons (Fsp3) is 0.500. The Bertz CT molecular complexity index is 176. The van der Waals surface area contributed by atoms with E-state index in [1.807, 2.05) is 0 Å². The second kappa shape index (κ2) is 2.07. The second-order valence-electron chi connectivity index (χ2n) is 1.17. The predicted octanol–water partition coefficient (Wildman–Crippen LogP) is 0.00760. The largest absolute Gasteiger partial charge is 0.468 e. The number of hydrogen-bond donors (Lipinski definition) is 1.